The molecule has 3 rings (SSSR count). The van der Waals surface area contributed by atoms with Gasteiger partial charge in [0.25, 0.3) is 0 Å². The van der Waals surface area contributed by atoms with E-state index in [2.05, 4.69) is 48.7 Å². The molecule has 28 heteroatoms. The summed E-state index contributed by atoms with van der Waals surface area (Å²) in [5.74, 6) is 0. The zero-order valence-electron chi connectivity index (χ0n) is 49.9. The van der Waals surface area contributed by atoms with Crippen molar-refractivity contribution in [1.82, 2.24) is 58.7 Å². The largest absolute Gasteiger partial charge is 0.453 e. The maximum atomic E-state index is 13.4. The summed E-state index contributed by atoms with van der Waals surface area (Å²) < 4.78 is 25.1. The second kappa shape index (κ2) is 40.1. The molecule has 0 bridgehead atoms. The van der Waals surface area contributed by atoms with Crippen molar-refractivity contribution in [1.29, 1.82) is 0 Å². The van der Waals surface area contributed by atoms with Crippen molar-refractivity contribution in [2.24, 2.45) is 0 Å². The van der Waals surface area contributed by atoms with Crippen molar-refractivity contribution in [2.45, 2.75) is 220 Å². The molecule has 2 aromatic rings. The van der Waals surface area contributed by atoms with E-state index < -0.39 is 70.6 Å². The molecule has 0 aliphatic carbocycles. The molecule has 0 saturated carbocycles. The van der Waals surface area contributed by atoms with Gasteiger partial charge in [0, 0.05) is 64.4 Å². The first-order chi connectivity index (χ1) is 39.4. The van der Waals surface area contributed by atoms with Gasteiger partial charge in [0.15, 0.2) is 0 Å². The molecular weight excluding hydrogens is 1070 g/mol. The Morgan fingerprint density at radius 3 is 0.927 bits per heavy atom. The number of ether oxygens (including phenoxy) is 4. The van der Waals surface area contributed by atoms with Crippen LogP contribution in [0.25, 0.3) is 0 Å². The molecule has 8 amide bonds. The number of imide groups is 2. The van der Waals surface area contributed by atoms with Gasteiger partial charge >= 0.3 is 70.6 Å². The molecule has 2 unspecified atom stereocenters. The van der Waals surface area contributed by atoms with E-state index in [1.165, 1.54) is 39.6 Å². The summed E-state index contributed by atoms with van der Waals surface area (Å²) in [4.78, 5) is 149. The average Bonchev–Trinajstić information content (AvgIpc) is 3.56. The Morgan fingerprint density at radius 1 is 0.366 bits per heavy atom. The summed E-state index contributed by atoms with van der Waals surface area (Å²) in [5.41, 5.74) is -1.44. The lowest BCUT2D eigenvalue weighted by atomic mass is 10.1. The number of unbranched alkanes of at least 4 members (excludes halogenated alkanes) is 16. The average molecular weight is 1170 g/mol. The summed E-state index contributed by atoms with van der Waals surface area (Å²) in [6, 6.07) is -1.96. The molecule has 2 atom stereocenters. The van der Waals surface area contributed by atoms with Gasteiger partial charge in [-0.25, -0.2) is 95.3 Å². The fourth-order valence-electron chi connectivity index (χ4n) is 9.17. The molecule has 1 aliphatic heterocycles. The number of rotatable bonds is 39. The third-order valence-corrected chi connectivity index (χ3v) is 14.0. The standard InChI is InChI=1S/C28H47N7O9.C26H47N5O7/c1-5-6-11-16-21(2)34-25(39)31(18-13-8-7-12-17-29-22(36)43-3)24(38)32(26(34)40)19-14-9-10-15-20-33-27(41)35(28(33)42)30-23(37)44-4;1-5-6-11-16-21(2)31-25(35)29(19-14-9-7-12-17-27-22(32)37-3)24(34)30(26(31)36)20-15-10-8-13-18-28-23(33)38-4/h21H,5-20H2,1-4H3,(H,29,36)(H,30,37);21H,5-20H2,1-4H3,(H,27,32)(H,28,33). The monoisotopic (exact) mass is 1170 g/mol. The van der Waals surface area contributed by atoms with E-state index in [0.29, 0.717) is 82.4 Å². The minimum absolute atomic E-state index is 0.136. The van der Waals surface area contributed by atoms with Gasteiger partial charge in [-0.15, -0.1) is 5.01 Å². The van der Waals surface area contributed by atoms with Crippen LogP contribution < -0.4 is 55.5 Å². The molecule has 0 spiro atoms. The highest BCUT2D eigenvalue weighted by Gasteiger charge is 2.45. The zero-order valence-corrected chi connectivity index (χ0v) is 49.9. The summed E-state index contributed by atoms with van der Waals surface area (Å²) in [5, 5.41) is 8.43. The molecule has 1 fully saturated rings. The van der Waals surface area contributed by atoms with Crippen LogP contribution in [0.2, 0.25) is 0 Å². The summed E-state index contributed by atoms with van der Waals surface area (Å²) in [6.07, 6.45) is 15.8. The predicted octanol–water partition coefficient (Wildman–Crippen LogP) is 6.06. The van der Waals surface area contributed by atoms with Crippen LogP contribution in [0.5, 0.6) is 0 Å². The van der Waals surface area contributed by atoms with Crippen LogP contribution in [0.3, 0.4) is 0 Å². The number of methoxy groups -OCH3 is 4. The van der Waals surface area contributed by atoms with E-state index in [-0.39, 0.29) is 44.8 Å². The minimum atomic E-state index is -0.924. The molecule has 2 aromatic heterocycles. The molecule has 3 heterocycles. The number of carbonyl (C=O) groups excluding carboxylic acids is 6. The number of amides is 8. The topological polar surface area (TPSA) is 326 Å². The van der Waals surface area contributed by atoms with E-state index >= 15 is 0 Å². The van der Waals surface area contributed by atoms with Gasteiger partial charge in [-0.05, 0) is 78.1 Å². The fraction of sp³-hybridized carbons (Fsp3) is 0.778. The normalized spacial score (nSPS) is 12.6. The highest BCUT2D eigenvalue weighted by atomic mass is 16.6. The van der Waals surface area contributed by atoms with Crippen molar-refractivity contribution >= 4 is 36.4 Å². The molecule has 82 heavy (non-hydrogen) atoms. The second-order valence-electron chi connectivity index (χ2n) is 20.3. The summed E-state index contributed by atoms with van der Waals surface area (Å²) >= 11 is 0. The number of nitrogens with zero attached hydrogens (tertiary/aromatic N) is 8. The van der Waals surface area contributed by atoms with Crippen LogP contribution in [0.4, 0.5) is 28.8 Å². The minimum Gasteiger partial charge on any atom is -0.453 e. The number of aromatic nitrogens is 6. The summed E-state index contributed by atoms with van der Waals surface area (Å²) in [7, 11) is 5.04. The maximum absolute atomic E-state index is 13.4. The predicted molar refractivity (Wildman–Crippen MR) is 306 cm³/mol. The van der Waals surface area contributed by atoms with Crippen LogP contribution in [0, 0.1) is 0 Å². The molecule has 0 aromatic carbocycles. The van der Waals surface area contributed by atoms with Gasteiger partial charge in [-0.1, -0.05) is 104 Å². The van der Waals surface area contributed by atoms with E-state index in [1.54, 1.807) is 0 Å². The fourth-order valence-corrected chi connectivity index (χ4v) is 9.17. The van der Waals surface area contributed by atoms with E-state index in [1.807, 2.05) is 19.3 Å². The lowest BCUT2D eigenvalue weighted by molar-refractivity contribution is 0.0759. The van der Waals surface area contributed by atoms with Crippen LogP contribution in [0.1, 0.15) is 194 Å². The molecule has 28 nitrogen and oxygen atoms in total. The zero-order chi connectivity index (χ0) is 61.0. The Bertz CT molecular complexity index is 2590. The molecule has 466 valence electrons. The molecule has 1 aliphatic rings. The number of alkyl carbamates (subject to hydrolysis) is 3. The quantitative estimate of drug-likeness (QED) is 0.0436. The van der Waals surface area contributed by atoms with Crippen molar-refractivity contribution in [3.63, 3.8) is 0 Å². The highest BCUT2D eigenvalue weighted by molar-refractivity contribution is 6.12. The number of urea groups is 2. The van der Waals surface area contributed by atoms with E-state index in [4.69, 9.17) is 0 Å². The Hall–Kier alpha value is -7.16. The van der Waals surface area contributed by atoms with Crippen molar-refractivity contribution < 1.29 is 47.7 Å². The molecule has 4 N–H and O–H groups in total. The summed E-state index contributed by atoms with van der Waals surface area (Å²) in [6.45, 7) is 10.3. The van der Waals surface area contributed by atoms with Gasteiger partial charge in [0.1, 0.15) is 0 Å². The maximum Gasteiger partial charge on any atom is 0.426 e. The first kappa shape index (κ1) is 70.9. The third kappa shape index (κ3) is 23.7. The van der Waals surface area contributed by atoms with Gasteiger partial charge in [-0.2, -0.15) is 0 Å². The van der Waals surface area contributed by atoms with E-state index in [9.17, 15) is 57.5 Å². The van der Waals surface area contributed by atoms with Crippen LogP contribution in [-0.2, 0) is 45.1 Å². The number of carbonyl (C=O) groups is 6. The SMILES string of the molecule is CCCCCC(C)n1c(=O)n(CCCCCCNC(=O)OC)c(=O)n(CCCCCCN2C(=O)N(NC(=O)OC)C2=O)c1=O.CCCCCC(C)n1c(=O)n(CCCCCCNC(=O)OC)c(=O)n(CCCCCCNC(=O)OC)c1=O. The Kier molecular flexibility index (Phi) is 34.7. The molecule has 1 saturated heterocycles. The smallest absolute Gasteiger partial charge is 0.426 e. The lowest BCUT2D eigenvalue weighted by Gasteiger charge is -2.37. The van der Waals surface area contributed by atoms with Crippen LogP contribution in [0.15, 0.2) is 28.8 Å². The Morgan fingerprint density at radius 2 is 0.646 bits per heavy atom. The number of hydrazine groups is 1. The van der Waals surface area contributed by atoms with Crippen molar-refractivity contribution in [3.05, 3.63) is 62.9 Å². The van der Waals surface area contributed by atoms with Gasteiger partial charge in [-0.3, -0.25) is 0 Å². The number of nitrogens with one attached hydrogen (secondary N) is 4. The first-order valence-corrected chi connectivity index (χ1v) is 29.2. The highest BCUT2D eigenvalue weighted by Crippen LogP contribution is 2.17. The first-order valence-electron chi connectivity index (χ1n) is 29.2. The van der Waals surface area contributed by atoms with Crippen LogP contribution in [-0.4, -0.2) is 128 Å². The lowest BCUT2D eigenvalue weighted by Crippen LogP contribution is -2.69. The Balaban J connectivity index is 0.000000567. The second-order valence-corrected chi connectivity index (χ2v) is 20.3. The molecular formula is C54H94N12O16. The van der Waals surface area contributed by atoms with Gasteiger partial charge in [0.05, 0.1) is 28.4 Å². The Labute approximate surface area is 479 Å². The number of hydrogen-bond donors (Lipinski definition) is 4. The number of hydrogen-bond acceptors (Lipinski definition) is 16. The van der Waals surface area contributed by atoms with Crippen LogP contribution >= 0.6 is 0 Å². The van der Waals surface area contributed by atoms with Gasteiger partial charge < -0.3 is 34.9 Å². The van der Waals surface area contributed by atoms with Gasteiger partial charge in [0.2, 0.25) is 0 Å². The van der Waals surface area contributed by atoms with Crippen molar-refractivity contribution in [2.75, 3.05) is 54.6 Å². The van der Waals surface area contributed by atoms with Crippen molar-refractivity contribution in [3.8, 4) is 0 Å². The molecule has 0 radical (unpaired) electrons. The third-order valence-electron chi connectivity index (χ3n) is 14.0. The van der Waals surface area contributed by atoms with E-state index in [0.717, 1.165) is 117 Å².